The predicted molar refractivity (Wildman–Crippen MR) is 67.9 cm³/mol. The molecule has 1 aromatic heterocycles. The molecule has 0 bridgehead atoms. The first kappa shape index (κ1) is 11.7. The van der Waals surface area contributed by atoms with Crippen molar-refractivity contribution in [3.8, 4) is 0 Å². The molecule has 1 aliphatic heterocycles. The lowest BCUT2D eigenvalue weighted by Crippen LogP contribution is -2.39. The van der Waals surface area contributed by atoms with Gasteiger partial charge in [0, 0.05) is 12.7 Å². The molecule has 4 heteroatoms. The topological polar surface area (TPSA) is 37.0 Å². The third-order valence-electron chi connectivity index (χ3n) is 3.23. The minimum atomic E-state index is 0.382. The monoisotopic (exact) mass is 239 g/mol. The summed E-state index contributed by atoms with van der Waals surface area (Å²) in [6, 6.07) is 3.79. The van der Waals surface area contributed by atoms with E-state index in [1.165, 1.54) is 12.8 Å². The van der Waals surface area contributed by atoms with E-state index in [2.05, 4.69) is 22.5 Å². The van der Waals surface area contributed by atoms with E-state index in [1.54, 1.807) is 6.20 Å². The molecule has 0 aromatic carbocycles. The zero-order valence-electron chi connectivity index (χ0n) is 9.59. The minimum Gasteiger partial charge on any atom is -0.370 e. The molecule has 2 heterocycles. The Morgan fingerprint density at radius 3 is 2.81 bits per heavy atom. The third kappa shape index (κ3) is 3.09. The Morgan fingerprint density at radius 1 is 1.44 bits per heavy atom. The molecular formula is C12H18ClN3. The summed E-state index contributed by atoms with van der Waals surface area (Å²) in [5.74, 6) is 0.907. The summed E-state index contributed by atoms with van der Waals surface area (Å²) in [6.45, 7) is 5.54. The molecule has 0 radical (unpaired) electrons. The summed E-state index contributed by atoms with van der Waals surface area (Å²) in [5.41, 5.74) is 0.382. The molecule has 0 spiro atoms. The first-order valence-corrected chi connectivity index (χ1v) is 6.12. The van der Waals surface area contributed by atoms with Gasteiger partial charge >= 0.3 is 0 Å². The maximum Gasteiger partial charge on any atom is 0.126 e. The molecule has 88 valence electrons. The Hall–Kier alpha value is -0.800. The van der Waals surface area contributed by atoms with Crippen LogP contribution in [0, 0.1) is 5.41 Å². The van der Waals surface area contributed by atoms with Gasteiger partial charge in [-0.1, -0.05) is 18.5 Å². The van der Waals surface area contributed by atoms with Gasteiger partial charge in [-0.25, -0.2) is 4.98 Å². The molecule has 2 N–H and O–H groups in total. The molecule has 1 aromatic rings. The van der Waals surface area contributed by atoms with Gasteiger partial charge in [-0.3, -0.25) is 0 Å². The first-order chi connectivity index (χ1) is 7.68. The second kappa shape index (κ2) is 5.02. The van der Waals surface area contributed by atoms with E-state index in [9.17, 15) is 0 Å². The lowest BCUT2D eigenvalue weighted by molar-refractivity contribution is 0.247. The van der Waals surface area contributed by atoms with Crippen molar-refractivity contribution in [1.29, 1.82) is 0 Å². The Morgan fingerprint density at radius 2 is 2.19 bits per heavy atom. The normalized spacial score (nSPS) is 19.4. The van der Waals surface area contributed by atoms with Crippen molar-refractivity contribution >= 4 is 17.4 Å². The maximum absolute atomic E-state index is 5.79. The number of nitrogens with zero attached hydrogens (tertiary/aromatic N) is 1. The molecule has 0 unspecified atom stereocenters. The Labute approximate surface area is 102 Å². The van der Waals surface area contributed by atoms with Gasteiger partial charge in [0.2, 0.25) is 0 Å². The van der Waals surface area contributed by atoms with Crippen LogP contribution in [0.5, 0.6) is 0 Å². The summed E-state index contributed by atoms with van der Waals surface area (Å²) in [7, 11) is 0. The fraction of sp³-hybridized carbons (Fsp3) is 0.583. The maximum atomic E-state index is 5.79. The van der Waals surface area contributed by atoms with Gasteiger partial charge in [-0.15, -0.1) is 0 Å². The molecule has 0 atom stereocenters. The average Bonchev–Trinajstić information content (AvgIpc) is 2.29. The number of halogens is 1. The molecular weight excluding hydrogens is 222 g/mol. The molecule has 0 saturated carbocycles. The fourth-order valence-electron chi connectivity index (χ4n) is 1.99. The Bertz CT molecular complexity index is 331. The highest BCUT2D eigenvalue weighted by atomic mass is 35.5. The van der Waals surface area contributed by atoms with Crippen LogP contribution in [-0.2, 0) is 0 Å². The van der Waals surface area contributed by atoms with Gasteiger partial charge < -0.3 is 10.6 Å². The van der Waals surface area contributed by atoms with Gasteiger partial charge in [0.15, 0.2) is 0 Å². The SMILES string of the molecule is CC1(CNc2ccc(Cl)cn2)CCNCC1. The van der Waals surface area contributed by atoms with E-state index < -0.39 is 0 Å². The van der Waals surface area contributed by atoms with Crippen LogP contribution >= 0.6 is 11.6 Å². The first-order valence-electron chi connectivity index (χ1n) is 5.74. The summed E-state index contributed by atoms with van der Waals surface area (Å²) in [6.07, 6.45) is 4.11. The van der Waals surface area contributed by atoms with Gasteiger partial charge in [-0.05, 0) is 43.5 Å². The highest BCUT2D eigenvalue weighted by Gasteiger charge is 2.26. The average molecular weight is 240 g/mol. The smallest absolute Gasteiger partial charge is 0.126 e. The number of hydrogen-bond acceptors (Lipinski definition) is 3. The Balaban J connectivity index is 1.88. The molecule has 0 aliphatic carbocycles. The third-order valence-corrected chi connectivity index (χ3v) is 3.46. The quantitative estimate of drug-likeness (QED) is 0.851. The van der Waals surface area contributed by atoms with Crippen LogP contribution in [0.25, 0.3) is 0 Å². The van der Waals surface area contributed by atoms with E-state index in [4.69, 9.17) is 11.6 Å². The molecule has 1 fully saturated rings. The largest absolute Gasteiger partial charge is 0.370 e. The van der Waals surface area contributed by atoms with Crippen LogP contribution < -0.4 is 10.6 Å². The minimum absolute atomic E-state index is 0.382. The van der Waals surface area contributed by atoms with Crippen molar-refractivity contribution in [3.05, 3.63) is 23.4 Å². The highest BCUT2D eigenvalue weighted by molar-refractivity contribution is 6.30. The number of anilines is 1. The summed E-state index contributed by atoms with van der Waals surface area (Å²) >= 11 is 5.79. The van der Waals surface area contributed by atoms with Crippen molar-refractivity contribution < 1.29 is 0 Å². The molecule has 1 aliphatic rings. The van der Waals surface area contributed by atoms with Crippen LogP contribution in [0.3, 0.4) is 0 Å². The lowest BCUT2D eigenvalue weighted by Gasteiger charge is -2.34. The van der Waals surface area contributed by atoms with Gasteiger partial charge in [0.25, 0.3) is 0 Å². The zero-order chi connectivity index (χ0) is 11.4. The molecule has 2 rings (SSSR count). The van der Waals surface area contributed by atoms with Gasteiger partial charge in [0.1, 0.15) is 5.82 Å². The van der Waals surface area contributed by atoms with Crippen molar-refractivity contribution in [2.24, 2.45) is 5.41 Å². The van der Waals surface area contributed by atoms with Crippen molar-refractivity contribution in [1.82, 2.24) is 10.3 Å². The number of hydrogen-bond donors (Lipinski definition) is 2. The molecule has 0 amide bonds. The standard InChI is InChI=1S/C12H18ClN3/c1-12(4-6-14-7-5-12)9-16-11-3-2-10(13)8-15-11/h2-3,8,14H,4-7,9H2,1H3,(H,15,16). The van der Waals surface area contributed by atoms with Gasteiger partial charge in [0.05, 0.1) is 5.02 Å². The number of aromatic nitrogens is 1. The fourth-order valence-corrected chi connectivity index (χ4v) is 2.10. The second-order valence-electron chi connectivity index (χ2n) is 4.78. The second-order valence-corrected chi connectivity index (χ2v) is 5.21. The van der Waals surface area contributed by atoms with E-state index >= 15 is 0 Å². The summed E-state index contributed by atoms with van der Waals surface area (Å²) in [4.78, 5) is 4.24. The van der Waals surface area contributed by atoms with E-state index in [0.717, 1.165) is 25.5 Å². The number of pyridine rings is 1. The predicted octanol–water partition coefficient (Wildman–Crippen LogP) is 2.54. The van der Waals surface area contributed by atoms with Gasteiger partial charge in [-0.2, -0.15) is 0 Å². The van der Waals surface area contributed by atoms with Crippen LogP contribution in [0.15, 0.2) is 18.3 Å². The summed E-state index contributed by atoms with van der Waals surface area (Å²) in [5, 5.41) is 7.45. The van der Waals surface area contributed by atoms with Crippen LogP contribution in [0.2, 0.25) is 5.02 Å². The number of nitrogens with one attached hydrogen (secondary N) is 2. The van der Waals surface area contributed by atoms with Crippen molar-refractivity contribution in [2.75, 3.05) is 25.0 Å². The van der Waals surface area contributed by atoms with Crippen LogP contribution in [-0.4, -0.2) is 24.6 Å². The van der Waals surface area contributed by atoms with E-state index in [1.807, 2.05) is 12.1 Å². The van der Waals surface area contributed by atoms with Crippen molar-refractivity contribution in [3.63, 3.8) is 0 Å². The number of rotatable bonds is 3. The summed E-state index contributed by atoms with van der Waals surface area (Å²) < 4.78 is 0. The number of piperidine rings is 1. The highest BCUT2D eigenvalue weighted by Crippen LogP contribution is 2.27. The van der Waals surface area contributed by atoms with Crippen LogP contribution in [0.1, 0.15) is 19.8 Å². The zero-order valence-corrected chi connectivity index (χ0v) is 10.3. The van der Waals surface area contributed by atoms with Crippen molar-refractivity contribution in [2.45, 2.75) is 19.8 Å². The molecule has 16 heavy (non-hydrogen) atoms. The Kier molecular flexibility index (Phi) is 3.66. The van der Waals surface area contributed by atoms with Crippen LogP contribution in [0.4, 0.5) is 5.82 Å². The van der Waals surface area contributed by atoms with E-state index in [-0.39, 0.29) is 0 Å². The lowest BCUT2D eigenvalue weighted by atomic mass is 9.81. The molecule has 1 saturated heterocycles. The van der Waals surface area contributed by atoms with E-state index in [0.29, 0.717) is 10.4 Å². The molecule has 3 nitrogen and oxygen atoms in total.